The molecule has 1 unspecified atom stereocenters. The van der Waals surface area contributed by atoms with E-state index in [1.54, 1.807) is 6.08 Å². The molecular weight excluding hydrogens is 392 g/mol. The molecule has 0 bridgehead atoms. The number of carbonyl (C=O) groups excluding carboxylic acids is 1. The molecule has 1 heterocycles. The zero-order valence-corrected chi connectivity index (χ0v) is 16.4. The first-order valence-electron chi connectivity index (χ1n) is 9.77. The van der Waals surface area contributed by atoms with Crippen LogP contribution in [0, 0.1) is 17.6 Å². The van der Waals surface area contributed by atoms with Crippen LogP contribution >= 0.6 is 0 Å². The van der Waals surface area contributed by atoms with Gasteiger partial charge in [0.15, 0.2) is 5.78 Å². The number of aliphatic carboxylic acids is 1. The van der Waals surface area contributed by atoms with Gasteiger partial charge in [0, 0.05) is 24.2 Å². The molecule has 0 radical (unpaired) electrons. The van der Waals surface area contributed by atoms with Crippen molar-refractivity contribution >= 4 is 17.8 Å². The number of ether oxygens (including phenoxy) is 1. The second kappa shape index (κ2) is 10.1. The van der Waals surface area contributed by atoms with Gasteiger partial charge in [-0.15, -0.1) is 0 Å². The standard InChI is InChI=1S/C23H23F2NO4/c24-19-6-4-17(5-7-19)22(27)21-14-20(25)8-3-16(21)9-12-30-13-11-26-10-1-2-18(15-26)23(28)29/h3-9,12,14,18H,1-2,10-11,13,15H2,(H,28,29)/b12-9+. The molecule has 30 heavy (non-hydrogen) atoms. The van der Waals surface area contributed by atoms with Gasteiger partial charge in [0.25, 0.3) is 0 Å². The smallest absolute Gasteiger partial charge is 0.307 e. The number of benzene rings is 2. The maximum atomic E-state index is 13.7. The third-order valence-electron chi connectivity index (χ3n) is 5.09. The summed E-state index contributed by atoms with van der Waals surface area (Å²) in [5.74, 6) is -2.52. The van der Waals surface area contributed by atoms with Gasteiger partial charge >= 0.3 is 5.97 Å². The highest BCUT2D eigenvalue weighted by atomic mass is 19.1. The Kier molecular flexibility index (Phi) is 7.30. The Morgan fingerprint density at radius 2 is 1.87 bits per heavy atom. The van der Waals surface area contributed by atoms with Crippen LogP contribution in [0.2, 0.25) is 0 Å². The number of hydrogen-bond donors (Lipinski definition) is 1. The van der Waals surface area contributed by atoms with Gasteiger partial charge in [-0.1, -0.05) is 6.07 Å². The fraction of sp³-hybridized carbons (Fsp3) is 0.304. The maximum Gasteiger partial charge on any atom is 0.307 e. The van der Waals surface area contributed by atoms with Gasteiger partial charge in [-0.3, -0.25) is 14.5 Å². The highest BCUT2D eigenvalue weighted by molar-refractivity contribution is 6.11. The van der Waals surface area contributed by atoms with Crippen LogP contribution in [0.25, 0.3) is 6.08 Å². The van der Waals surface area contributed by atoms with Gasteiger partial charge in [-0.25, -0.2) is 8.78 Å². The molecule has 0 aliphatic carbocycles. The Bertz CT molecular complexity index is 927. The topological polar surface area (TPSA) is 66.8 Å². The average molecular weight is 415 g/mol. The Labute approximate surface area is 173 Å². The summed E-state index contributed by atoms with van der Waals surface area (Å²) in [6.45, 7) is 2.31. The van der Waals surface area contributed by atoms with Crippen LogP contribution in [0.3, 0.4) is 0 Å². The molecular formula is C23H23F2NO4. The Balaban J connectivity index is 1.60. The molecule has 1 aliphatic heterocycles. The van der Waals surface area contributed by atoms with Gasteiger partial charge in [0.2, 0.25) is 0 Å². The van der Waals surface area contributed by atoms with Gasteiger partial charge in [0.1, 0.15) is 11.6 Å². The number of halogens is 2. The van der Waals surface area contributed by atoms with Crippen LogP contribution in [-0.2, 0) is 9.53 Å². The van der Waals surface area contributed by atoms with E-state index < -0.39 is 23.4 Å². The Hall–Kier alpha value is -3.06. The van der Waals surface area contributed by atoms with Crippen LogP contribution in [0.4, 0.5) is 8.78 Å². The number of ketones is 1. The number of nitrogens with zero attached hydrogens (tertiary/aromatic N) is 1. The number of rotatable bonds is 8. The molecule has 5 nitrogen and oxygen atoms in total. The molecule has 0 spiro atoms. The van der Waals surface area contributed by atoms with E-state index in [1.807, 2.05) is 0 Å². The number of carboxylic acids is 1. The van der Waals surface area contributed by atoms with E-state index in [4.69, 9.17) is 9.84 Å². The van der Waals surface area contributed by atoms with Gasteiger partial charge in [-0.2, -0.15) is 0 Å². The van der Waals surface area contributed by atoms with Crippen LogP contribution in [0.15, 0.2) is 48.7 Å². The summed E-state index contributed by atoms with van der Waals surface area (Å²) in [5, 5.41) is 9.14. The molecule has 1 fully saturated rings. The summed E-state index contributed by atoms with van der Waals surface area (Å²) in [6.07, 6.45) is 4.55. The molecule has 1 aliphatic rings. The first kappa shape index (κ1) is 21.6. The molecule has 0 aromatic heterocycles. The zero-order valence-electron chi connectivity index (χ0n) is 16.4. The Morgan fingerprint density at radius 1 is 1.13 bits per heavy atom. The van der Waals surface area contributed by atoms with E-state index in [2.05, 4.69) is 4.90 Å². The minimum atomic E-state index is -0.768. The largest absolute Gasteiger partial charge is 0.500 e. The van der Waals surface area contributed by atoms with E-state index >= 15 is 0 Å². The molecule has 2 aromatic rings. The molecule has 7 heteroatoms. The molecule has 1 saturated heterocycles. The molecule has 1 atom stereocenters. The van der Waals surface area contributed by atoms with E-state index in [1.165, 1.54) is 42.7 Å². The SMILES string of the molecule is O=C(c1ccc(F)cc1)c1cc(F)ccc1/C=C/OCCN1CCCC(C(=O)O)C1. The Morgan fingerprint density at radius 3 is 2.60 bits per heavy atom. The van der Waals surface area contributed by atoms with Gasteiger partial charge in [0.05, 0.1) is 18.8 Å². The minimum Gasteiger partial charge on any atom is -0.500 e. The van der Waals surface area contributed by atoms with Crippen molar-refractivity contribution in [2.45, 2.75) is 12.8 Å². The normalized spacial score (nSPS) is 17.2. The highest BCUT2D eigenvalue weighted by Gasteiger charge is 2.24. The number of piperidine rings is 1. The quantitative estimate of drug-likeness (QED) is 0.401. The predicted octanol–water partition coefficient (Wildman–Crippen LogP) is 3.98. The van der Waals surface area contributed by atoms with Crippen LogP contribution in [-0.4, -0.2) is 48.0 Å². The van der Waals surface area contributed by atoms with E-state index in [9.17, 15) is 18.4 Å². The van der Waals surface area contributed by atoms with Crippen molar-refractivity contribution in [1.82, 2.24) is 4.90 Å². The van der Waals surface area contributed by atoms with E-state index in [0.717, 1.165) is 19.0 Å². The van der Waals surface area contributed by atoms with Crippen molar-refractivity contribution in [3.63, 3.8) is 0 Å². The van der Waals surface area contributed by atoms with Crippen molar-refractivity contribution in [2.24, 2.45) is 5.92 Å². The summed E-state index contributed by atoms with van der Waals surface area (Å²) in [7, 11) is 0. The number of hydrogen-bond acceptors (Lipinski definition) is 4. The molecule has 0 saturated carbocycles. The third-order valence-corrected chi connectivity index (χ3v) is 5.09. The van der Waals surface area contributed by atoms with E-state index in [-0.39, 0.29) is 17.0 Å². The van der Waals surface area contributed by atoms with Crippen molar-refractivity contribution in [1.29, 1.82) is 0 Å². The number of carboxylic acid groups (broad SMARTS) is 1. The summed E-state index contributed by atoms with van der Waals surface area (Å²) < 4.78 is 32.3. The van der Waals surface area contributed by atoms with Crippen molar-refractivity contribution in [3.8, 4) is 0 Å². The van der Waals surface area contributed by atoms with Crippen molar-refractivity contribution in [3.05, 3.63) is 77.1 Å². The maximum absolute atomic E-state index is 13.7. The first-order valence-corrected chi connectivity index (χ1v) is 9.77. The first-order chi connectivity index (χ1) is 14.4. The van der Waals surface area contributed by atoms with Crippen LogP contribution < -0.4 is 0 Å². The second-order valence-corrected chi connectivity index (χ2v) is 7.22. The molecule has 1 N–H and O–H groups in total. The lowest BCUT2D eigenvalue weighted by atomic mass is 9.98. The molecule has 158 valence electrons. The summed E-state index contributed by atoms with van der Waals surface area (Å²) in [4.78, 5) is 25.9. The predicted molar refractivity (Wildman–Crippen MR) is 108 cm³/mol. The highest BCUT2D eigenvalue weighted by Crippen LogP contribution is 2.19. The minimum absolute atomic E-state index is 0.154. The lowest BCUT2D eigenvalue weighted by molar-refractivity contribution is -0.143. The number of likely N-dealkylation sites (tertiary alicyclic amines) is 1. The monoisotopic (exact) mass is 415 g/mol. The fourth-order valence-corrected chi connectivity index (χ4v) is 3.46. The van der Waals surface area contributed by atoms with Crippen molar-refractivity contribution < 1.29 is 28.2 Å². The summed E-state index contributed by atoms with van der Waals surface area (Å²) in [5.41, 5.74) is 0.895. The summed E-state index contributed by atoms with van der Waals surface area (Å²) in [6, 6.07) is 8.95. The van der Waals surface area contributed by atoms with E-state index in [0.29, 0.717) is 31.7 Å². The number of carbonyl (C=O) groups is 2. The summed E-state index contributed by atoms with van der Waals surface area (Å²) >= 11 is 0. The lowest BCUT2D eigenvalue weighted by Gasteiger charge is -2.30. The lowest BCUT2D eigenvalue weighted by Crippen LogP contribution is -2.40. The van der Waals surface area contributed by atoms with Crippen LogP contribution in [0.1, 0.15) is 34.3 Å². The van der Waals surface area contributed by atoms with Crippen LogP contribution in [0.5, 0.6) is 0 Å². The van der Waals surface area contributed by atoms with Crippen molar-refractivity contribution in [2.75, 3.05) is 26.2 Å². The molecule has 0 amide bonds. The second-order valence-electron chi connectivity index (χ2n) is 7.22. The third kappa shape index (κ3) is 5.73. The van der Waals surface area contributed by atoms with Gasteiger partial charge < -0.3 is 9.84 Å². The zero-order chi connectivity index (χ0) is 21.5. The molecule has 3 rings (SSSR count). The van der Waals surface area contributed by atoms with Gasteiger partial charge in [-0.05, 0) is 67.4 Å². The fourth-order valence-electron chi connectivity index (χ4n) is 3.46. The average Bonchev–Trinajstić information content (AvgIpc) is 2.74. The molecule has 2 aromatic carbocycles.